The SMILES string of the molecule is CN1CC(=O)N(C2CCNC2)c2ccc(Br)cc21. The first-order valence-electron chi connectivity index (χ1n) is 6.20. The van der Waals surface area contributed by atoms with Crippen LogP contribution < -0.4 is 15.1 Å². The molecule has 1 N–H and O–H groups in total. The first-order valence-corrected chi connectivity index (χ1v) is 6.99. The maximum absolute atomic E-state index is 12.3. The minimum absolute atomic E-state index is 0.195. The van der Waals surface area contributed by atoms with Crippen LogP contribution in [0.5, 0.6) is 0 Å². The van der Waals surface area contributed by atoms with E-state index in [-0.39, 0.29) is 5.91 Å². The van der Waals surface area contributed by atoms with Gasteiger partial charge in [0.25, 0.3) is 0 Å². The molecule has 2 heterocycles. The average Bonchev–Trinajstić information content (AvgIpc) is 2.83. The summed E-state index contributed by atoms with van der Waals surface area (Å²) in [4.78, 5) is 16.3. The minimum atomic E-state index is 0.195. The van der Waals surface area contributed by atoms with Crippen LogP contribution in [0.25, 0.3) is 0 Å². The Kier molecular flexibility index (Phi) is 3.03. The predicted molar refractivity (Wildman–Crippen MR) is 76.2 cm³/mol. The highest BCUT2D eigenvalue weighted by Gasteiger charge is 2.33. The second kappa shape index (κ2) is 4.55. The lowest BCUT2D eigenvalue weighted by atomic mass is 10.1. The second-order valence-electron chi connectivity index (χ2n) is 4.90. The average molecular weight is 310 g/mol. The number of nitrogens with one attached hydrogen (secondary N) is 1. The summed E-state index contributed by atoms with van der Waals surface area (Å²) in [6, 6.07) is 6.41. The van der Waals surface area contributed by atoms with Crippen molar-refractivity contribution in [1.29, 1.82) is 0 Å². The molecule has 0 radical (unpaired) electrons. The third-order valence-electron chi connectivity index (χ3n) is 3.65. The van der Waals surface area contributed by atoms with Crippen LogP contribution in [-0.2, 0) is 4.79 Å². The van der Waals surface area contributed by atoms with Gasteiger partial charge < -0.3 is 15.1 Å². The van der Waals surface area contributed by atoms with Crippen LogP contribution in [0.4, 0.5) is 11.4 Å². The van der Waals surface area contributed by atoms with E-state index in [0.717, 1.165) is 35.4 Å². The van der Waals surface area contributed by atoms with Crippen molar-refractivity contribution in [2.45, 2.75) is 12.5 Å². The van der Waals surface area contributed by atoms with Crippen LogP contribution >= 0.6 is 15.9 Å². The number of hydrogen-bond donors (Lipinski definition) is 1. The fourth-order valence-electron chi connectivity index (χ4n) is 2.76. The Bertz CT molecular complexity index is 485. The highest BCUT2D eigenvalue weighted by atomic mass is 79.9. The summed E-state index contributed by atoms with van der Waals surface area (Å²) in [6.45, 7) is 2.35. The molecule has 1 aromatic carbocycles. The molecule has 0 saturated carbocycles. The molecule has 5 heteroatoms. The molecule has 2 aliphatic rings. The molecule has 0 aromatic heterocycles. The van der Waals surface area contributed by atoms with Crippen molar-refractivity contribution >= 4 is 33.2 Å². The molecule has 0 aliphatic carbocycles. The van der Waals surface area contributed by atoms with Crippen molar-refractivity contribution in [3.05, 3.63) is 22.7 Å². The Morgan fingerprint density at radius 3 is 2.94 bits per heavy atom. The lowest BCUT2D eigenvalue weighted by Crippen LogP contribution is -2.50. The third-order valence-corrected chi connectivity index (χ3v) is 4.14. The van der Waals surface area contributed by atoms with Gasteiger partial charge in [-0.3, -0.25) is 4.79 Å². The number of benzene rings is 1. The number of halogens is 1. The molecule has 96 valence electrons. The Labute approximate surface area is 115 Å². The fourth-order valence-corrected chi connectivity index (χ4v) is 3.11. The molecule has 0 bridgehead atoms. The number of carbonyl (C=O) groups is 1. The lowest BCUT2D eigenvalue weighted by molar-refractivity contribution is -0.117. The summed E-state index contributed by atoms with van der Waals surface area (Å²) in [5.41, 5.74) is 2.15. The Morgan fingerprint density at radius 2 is 2.22 bits per heavy atom. The maximum atomic E-state index is 12.3. The molecular formula is C13H16BrN3O. The molecule has 18 heavy (non-hydrogen) atoms. The number of carbonyl (C=O) groups excluding carboxylic acids is 1. The molecule has 1 amide bonds. The summed E-state index contributed by atoms with van der Waals surface area (Å²) in [6.07, 6.45) is 1.03. The molecule has 1 saturated heterocycles. The lowest BCUT2D eigenvalue weighted by Gasteiger charge is -2.38. The number of hydrogen-bond acceptors (Lipinski definition) is 3. The standard InChI is InChI=1S/C13H16BrN3O/c1-16-8-13(18)17(10-4-5-15-7-10)11-3-2-9(14)6-12(11)16/h2-3,6,10,15H,4-5,7-8H2,1H3. The van der Waals surface area contributed by atoms with Gasteiger partial charge in [0.1, 0.15) is 0 Å². The maximum Gasteiger partial charge on any atom is 0.246 e. The van der Waals surface area contributed by atoms with Gasteiger partial charge in [0.15, 0.2) is 0 Å². The molecule has 0 spiro atoms. The van der Waals surface area contributed by atoms with E-state index in [4.69, 9.17) is 0 Å². The van der Waals surface area contributed by atoms with Crippen LogP contribution in [0.15, 0.2) is 22.7 Å². The monoisotopic (exact) mass is 309 g/mol. The zero-order valence-corrected chi connectivity index (χ0v) is 11.9. The highest BCUT2D eigenvalue weighted by Crippen LogP contribution is 2.36. The van der Waals surface area contributed by atoms with Crippen LogP contribution in [-0.4, -0.2) is 38.6 Å². The number of amides is 1. The van der Waals surface area contributed by atoms with Crippen molar-refractivity contribution in [2.75, 3.05) is 36.5 Å². The summed E-state index contributed by atoms with van der Waals surface area (Å²) in [7, 11) is 1.97. The first-order chi connectivity index (χ1) is 8.66. The molecule has 1 unspecified atom stereocenters. The fraction of sp³-hybridized carbons (Fsp3) is 0.462. The second-order valence-corrected chi connectivity index (χ2v) is 5.82. The third kappa shape index (κ3) is 1.91. The Morgan fingerprint density at radius 1 is 1.39 bits per heavy atom. The van der Waals surface area contributed by atoms with E-state index in [1.807, 2.05) is 29.0 Å². The van der Waals surface area contributed by atoms with Gasteiger partial charge in [-0.15, -0.1) is 0 Å². The first kappa shape index (κ1) is 12.0. The molecule has 1 atom stereocenters. The summed E-state index contributed by atoms with van der Waals surface area (Å²) >= 11 is 3.49. The van der Waals surface area contributed by atoms with Gasteiger partial charge in [-0.25, -0.2) is 0 Å². The summed E-state index contributed by atoms with van der Waals surface area (Å²) in [5, 5.41) is 3.33. The predicted octanol–water partition coefficient (Wildman–Crippen LogP) is 1.59. The number of rotatable bonds is 1. The quantitative estimate of drug-likeness (QED) is 0.856. The number of nitrogens with zero attached hydrogens (tertiary/aromatic N) is 2. The number of likely N-dealkylation sites (N-methyl/N-ethyl adjacent to an activating group) is 1. The van der Waals surface area contributed by atoms with Gasteiger partial charge in [-0.2, -0.15) is 0 Å². The van der Waals surface area contributed by atoms with Crippen molar-refractivity contribution in [3.8, 4) is 0 Å². The van der Waals surface area contributed by atoms with E-state index >= 15 is 0 Å². The van der Waals surface area contributed by atoms with E-state index in [0.29, 0.717) is 12.6 Å². The van der Waals surface area contributed by atoms with E-state index in [2.05, 4.69) is 27.3 Å². The van der Waals surface area contributed by atoms with Gasteiger partial charge in [0, 0.05) is 18.1 Å². The van der Waals surface area contributed by atoms with Crippen LogP contribution in [0.2, 0.25) is 0 Å². The minimum Gasteiger partial charge on any atom is -0.364 e. The van der Waals surface area contributed by atoms with Gasteiger partial charge in [-0.05, 0) is 31.2 Å². The smallest absolute Gasteiger partial charge is 0.246 e. The number of fused-ring (bicyclic) bond motifs is 1. The van der Waals surface area contributed by atoms with Gasteiger partial charge in [-0.1, -0.05) is 15.9 Å². The zero-order valence-electron chi connectivity index (χ0n) is 10.3. The van der Waals surface area contributed by atoms with Crippen LogP contribution in [0.3, 0.4) is 0 Å². The Balaban J connectivity index is 2.04. The highest BCUT2D eigenvalue weighted by molar-refractivity contribution is 9.10. The normalized spacial score (nSPS) is 23.4. The molecule has 2 aliphatic heterocycles. The van der Waals surface area contributed by atoms with Crippen molar-refractivity contribution in [3.63, 3.8) is 0 Å². The molecule has 1 fully saturated rings. The summed E-state index contributed by atoms with van der Waals surface area (Å²) < 4.78 is 1.05. The molecular weight excluding hydrogens is 294 g/mol. The van der Waals surface area contributed by atoms with Gasteiger partial charge in [0.05, 0.1) is 24.0 Å². The van der Waals surface area contributed by atoms with Crippen molar-refractivity contribution < 1.29 is 4.79 Å². The van der Waals surface area contributed by atoms with E-state index in [1.54, 1.807) is 0 Å². The molecule has 1 aromatic rings. The van der Waals surface area contributed by atoms with E-state index < -0.39 is 0 Å². The molecule has 4 nitrogen and oxygen atoms in total. The molecule has 3 rings (SSSR count). The van der Waals surface area contributed by atoms with Gasteiger partial charge in [0.2, 0.25) is 5.91 Å². The Hall–Kier alpha value is -1.07. The summed E-state index contributed by atoms with van der Waals surface area (Å²) in [5.74, 6) is 0.195. The largest absolute Gasteiger partial charge is 0.364 e. The number of anilines is 2. The van der Waals surface area contributed by atoms with Crippen LogP contribution in [0.1, 0.15) is 6.42 Å². The topological polar surface area (TPSA) is 35.6 Å². The van der Waals surface area contributed by atoms with Gasteiger partial charge >= 0.3 is 0 Å². The van der Waals surface area contributed by atoms with Crippen LogP contribution in [0, 0.1) is 0 Å². The zero-order chi connectivity index (χ0) is 12.7. The van der Waals surface area contributed by atoms with E-state index in [1.165, 1.54) is 0 Å². The van der Waals surface area contributed by atoms with Crippen molar-refractivity contribution in [2.24, 2.45) is 0 Å². The van der Waals surface area contributed by atoms with Crippen molar-refractivity contribution in [1.82, 2.24) is 5.32 Å². The van der Waals surface area contributed by atoms with E-state index in [9.17, 15) is 4.79 Å².